The van der Waals surface area contributed by atoms with E-state index in [2.05, 4.69) is 11.9 Å². The fourth-order valence-electron chi connectivity index (χ4n) is 3.36. The minimum atomic E-state index is -1.03. The van der Waals surface area contributed by atoms with Gasteiger partial charge in [-0.1, -0.05) is 37.8 Å². The number of pyridine rings is 1. The molecule has 0 saturated heterocycles. The lowest BCUT2D eigenvalue weighted by atomic mass is 10.0. The van der Waals surface area contributed by atoms with E-state index in [9.17, 15) is 14.7 Å². The number of unbranched alkanes of at least 4 members (excludes halogenated alkanes) is 3. The molecule has 0 fully saturated rings. The molecule has 0 amide bonds. The van der Waals surface area contributed by atoms with Crippen molar-refractivity contribution in [3.05, 3.63) is 82.6 Å². The summed E-state index contributed by atoms with van der Waals surface area (Å²) in [5.41, 5.74) is 2.48. The van der Waals surface area contributed by atoms with Gasteiger partial charge in [0.25, 0.3) is 0 Å². The first kappa shape index (κ1) is 24.8. The summed E-state index contributed by atoms with van der Waals surface area (Å²) in [6.07, 6.45) is 6.14. The molecular formula is C26H27ClN2O3S. The molecule has 0 bridgehead atoms. The van der Waals surface area contributed by atoms with Gasteiger partial charge >= 0.3 is 5.97 Å². The van der Waals surface area contributed by atoms with E-state index >= 15 is 0 Å². The van der Waals surface area contributed by atoms with Gasteiger partial charge in [0.2, 0.25) is 5.78 Å². The highest BCUT2D eigenvalue weighted by Crippen LogP contribution is 2.27. The number of thioether (sulfide) groups is 1. The molecule has 2 aromatic carbocycles. The van der Waals surface area contributed by atoms with E-state index in [1.807, 2.05) is 42.3 Å². The van der Waals surface area contributed by atoms with Crippen LogP contribution in [0.5, 0.6) is 0 Å². The molecule has 33 heavy (non-hydrogen) atoms. The second-order valence-corrected chi connectivity index (χ2v) is 9.26. The van der Waals surface area contributed by atoms with Crippen molar-refractivity contribution < 1.29 is 14.7 Å². The molecule has 0 aliphatic heterocycles. The van der Waals surface area contributed by atoms with Gasteiger partial charge in [-0.3, -0.25) is 9.78 Å². The third-order valence-electron chi connectivity index (χ3n) is 5.31. The first-order chi connectivity index (χ1) is 15.9. The van der Waals surface area contributed by atoms with E-state index in [-0.39, 0.29) is 17.0 Å². The van der Waals surface area contributed by atoms with Gasteiger partial charge in [0.15, 0.2) is 0 Å². The number of benzene rings is 2. The van der Waals surface area contributed by atoms with E-state index < -0.39 is 5.97 Å². The van der Waals surface area contributed by atoms with Crippen molar-refractivity contribution in [2.75, 3.05) is 17.7 Å². The largest absolute Gasteiger partial charge is 0.478 e. The average molecular weight is 483 g/mol. The number of hydrogen-bond donors (Lipinski definition) is 1. The van der Waals surface area contributed by atoms with Crippen LogP contribution in [0.3, 0.4) is 0 Å². The van der Waals surface area contributed by atoms with Crippen LogP contribution in [0, 0.1) is 0 Å². The van der Waals surface area contributed by atoms with Gasteiger partial charge in [0.1, 0.15) is 5.69 Å². The molecule has 1 N–H and O–H groups in total. The molecule has 1 heterocycles. The summed E-state index contributed by atoms with van der Waals surface area (Å²) >= 11 is 7.48. The van der Waals surface area contributed by atoms with Gasteiger partial charge in [-0.25, -0.2) is 4.79 Å². The van der Waals surface area contributed by atoms with Crippen molar-refractivity contribution >= 4 is 46.5 Å². The Bertz CT molecular complexity index is 1100. The molecule has 0 unspecified atom stereocenters. The SMILES string of the molecule is CCCCCCSc1ccc(C(=O)c2ccc(N(C)c3ccc(Cl)cc3)cn2)cc1C(=O)O. The molecule has 3 rings (SSSR count). The number of anilines is 2. The Morgan fingerprint density at radius 1 is 1.00 bits per heavy atom. The number of ketones is 1. The number of hydrogen-bond acceptors (Lipinski definition) is 5. The number of aromatic carboxylic acids is 1. The smallest absolute Gasteiger partial charge is 0.336 e. The second kappa shape index (κ2) is 11.9. The maximum Gasteiger partial charge on any atom is 0.336 e. The highest BCUT2D eigenvalue weighted by atomic mass is 35.5. The molecule has 0 saturated carbocycles. The van der Waals surface area contributed by atoms with Gasteiger partial charge in [0, 0.05) is 28.2 Å². The molecule has 1 aromatic heterocycles. The lowest BCUT2D eigenvalue weighted by molar-refractivity contribution is 0.0693. The van der Waals surface area contributed by atoms with Crippen LogP contribution in [0.1, 0.15) is 59.0 Å². The van der Waals surface area contributed by atoms with E-state index in [0.717, 1.165) is 36.4 Å². The molecule has 0 radical (unpaired) electrons. The zero-order valence-corrected chi connectivity index (χ0v) is 20.3. The molecule has 3 aromatic rings. The van der Waals surface area contributed by atoms with Gasteiger partial charge in [-0.05, 0) is 66.8 Å². The molecular weight excluding hydrogens is 456 g/mol. The predicted octanol–water partition coefficient (Wildman–Crippen LogP) is 7.10. The third-order valence-corrected chi connectivity index (χ3v) is 6.72. The van der Waals surface area contributed by atoms with E-state index in [0.29, 0.717) is 15.5 Å². The topological polar surface area (TPSA) is 70.5 Å². The molecule has 7 heteroatoms. The van der Waals surface area contributed by atoms with Crippen molar-refractivity contribution in [2.45, 2.75) is 37.5 Å². The first-order valence-corrected chi connectivity index (χ1v) is 12.3. The van der Waals surface area contributed by atoms with Crippen LogP contribution in [0.15, 0.2) is 65.7 Å². The maximum atomic E-state index is 13.0. The number of halogens is 1. The van der Waals surface area contributed by atoms with Crippen molar-refractivity contribution in [3.63, 3.8) is 0 Å². The molecule has 0 atom stereocenters. The quantitative estimate of drug-likeness (QED) is 0.178. The summed E-state index contributed by atoms with van der Waals surface area (Å²) in [4.78, 5) is 31.7. The average Bonchev–Trinajstić information content (AvgIpc) is 2.83. The van der Waals surface area contributed by atoms with Crippen LogP contribution >= 0.6 is 23.4 Å². The predicted molar refractivity (Wildman–Crippen MR) is 135 cm³/mol. The Kier molecular flexibility index (Phi) is 8.92. The van der Waals surface area contributed by atoms with Gasteiger partial charge in [0.05, 0.1) is 17.4 Å². The van der Waals surface area contributed by atoms with Crippen LogP contribution in [-0.4, -0.2) is 34.6 Å². The molecule has 5 nitrogen and oxygen atoms in total. The number of carbonyl (C=O) groups is 2. The van der Waals surface area contributed by atoms with Gasteiger partial charge in [-0.15, -0.1) is 11.8 Å². The standard InChI is InChI=1S/C26H27ClN2O3S/c1-3-4-5-6-15-33-24-14-7-18(16-22(24)26(31)32)25(30)23-13-12-21(17-28-23)29(2)20-10-8-19(27)9-11-20/h7-14,16-17H,3-6,15H2,1-2H3,(H,31,32). The van der Waals surface area contributed by atoms with E-state index in [1.54, 1.807) is 24.4 Å². The number of aromatic nitrogens is 1. The fraction of sp³-hybridized carbons (Fsp3) is 0.269. The number of carbonyl (C=O) groups excluding carboxylic acids is 1. The first-order valence-electron chi connectivity index (χ1n) is 10.9. The van der Waals surface area contributed by atoms with Crippen molar-refractivity contribution in [3.8, 4) is 0 Å². The molecule has 0 spiro atoms. The number of carboxylic acid groups (broad SMARTS) is 1. The zero-order chi connectivity index (χ0) is 23.8. The lowest BCUT2D eigenvalue weighted by Crippen LogP contribution is -2.11. The Balaban J connectivity index is 1.73. The highest BCUT2D eigenvalue weighted by Gasteiger charge is 2.17. The maximum absolute atomic E-state index is 13.0. The minimum absolute atomic E-state index is 0.153. The third kappa shape index (κ3) is 6.59. The summed E-state index contributed by atoms with van der Waals surface area (Å²) in [7, 11) is 1.90. The fourth-order valence-corrected chi connectivity index (χ4v) is 4.52. The molecule has 0 aliphatic carbocycles. The van der Waals surface area contributed by atoms with E-state index in [1.165, 1.54) is 24.2 Å². The van der Waals surface area contributed by atoms with Crippen molar-refractivity contribution in [1.82, 2.24) is 4.98 Å². The van der Waals surface area contributed by atoms with Gasteiger partial charge in [-0.2, -0.15) is 0 Å². The summed E-state index contributed by atoms with van der Waals surface area (Å²) < 4.78 is 0. The van der Waals surface area contributed by atoms with Crippen LogP contribution < -0.4 is 4.90 Å². The van der Waals surface area contributed by atoms with Crippen LogP contribution in [0.4, 0.5) is 11.4 Å². The normalized spacial score (nSPS) is 10.8. The monoisotopic (exact) mass is 482 g/mol. The molecule has 0 aliphatic rings. The Morgan fingerprint density at radius 3 is 2.36 bits per heavy atom. The summed E-state index contributed by atoms with van der Waals surface area (Å²) in [6, 6.07) is 15.7. The van der Waals surface area contributed by atoms with Gasteiger partial charge < -0.3 is 10.0 Å². The van der Waals surface area contributed by atoms with Crippen LogP contribution in [0.25, 0.3) is 0 Å². The Hall–Kier alpha value is -2.83. The van der Waals surface area contributed by atoms with Crippen LogP contribution in [-0.2, 0) is 0 Å². The Morgan fingerprint density at radius 2 is 1.73 bits per heavy atom. The molecule has 172 valence electrons. The zero-order valence-electron chi connectivity index (χ0n) is 18.8. The highest BCUT2D eigenvalue weighted by molar-refractivity contribution is 7.99. The second-order valence-electron chi connectivity index (χ2n) is 7.69. The summed E-state index contributed by atoms with van der Waals surface area (Å²) in [5.74, 6) is -0.483. The number of carboxylic acids is 1. The minimum Gasteiger partial charge on any atom is -0.478 e. The summed E-state index contributed by atoms with van der Waals surface area (Å²) in [6.45, 7) is 2.16. The summed E-state index contributed by atoms with van der Waals surface area (Å²) in [5, 5.41) is 10.3. The van der Waals surface area contributed by atoms with E-state index in [4.69, 9.17) is 11.6 Å². The Labute approximate surface area is 203 Å². The lowest BCUT2D eigenvalue weighted by Gasteiger charge is -2.19. The number of nitrogens with zero attached hydrogens (tertiary/aromatic N) is 2. The van der Waals surface area contributed by atoms with Crippen LogP contribution in [0.2, 0.25) is 5.02 Å². The van der Waals surface area contributed by atoms with Crippen molar-refractivity contribution in [1.29, 1.82) is 0 Å². The number of rotatable bonds is 11. The van der Waals surface area contributed by atoms with Crippen molar-refractivity contribution in [2.24, 2.45) is 0 Å².